The van der Waals surface area contributed by atoms with Gasteiger partial charge in [-0.3, -0.25) is 9.59 Å². The number of halogens is 1. The maximum absolute atomic E-state index is 14.1. The second-order valence-corrected chi connectivity index (χ2v) is 10.3. The SMILES string of the molecule is COc1ccc(CN(C(=O)c2ccc3c(c2)OCCO3)[C@H](C(=O)NC(C)(C)C)c2ccc(Cl)cc2)cc1. The molecule has 3 aromatic rings. The first kappa shape index (κ1) is 26.4. The smallest absolute Gasteiger partial charge is 0.255 e. The maximum Gasteiger partial charge on any atom is 0.255 e. The summed E-state index contributed by atoms with van der Waals surface area (Å²) in [5, 5.41) is 3.58. The third-order valence-corrected chi connectivity index (χ3v) is 6.06. The molecule has 0 fully saturated rings. The van der Waals surface area contributed by atoms with Gasteiger partial charge in [0, 0.05) is 22.7 Å². The first-order valence-electron chi connectivity index (χ1n) is 12.1. The van der Waals surface area contributed by atoms with Gasteiger partial charge in [0.05, 0.1) is 7.11 Å². The van der Waals surface area contributed by atoms with Crippen LogP contribution in [-0.4, -0.2) is 42.6 Å². The zero-order valence-electron chi connectivity index (χ0n) is 21.4. The normalized spacial score (nSPS) is 13.4. The summed E-state index contributed by atoms with van der Waals surface area (Å²) < 4.78 is 16.6. The van der Waals surface area contributed by atoms with E-state index in [-0.39, 0.29) is 18.4 Å². The van der Waals surface area contributed by atoms with Crippen LogP contribution in [0.25, 0.3) is 0 Å². The molecule has 0 saturated carbocycles. The van der Waals surface area contributed by atoms with E-state index in [0.29, 0.717) is 46.6 Å². The second kappa shape index (κ2) is 11.1. The Morgan fingerprint density at radius 2 is 1.62 bits per heavy atom. The average Bonchev–Trinajstić information content (AvgIpc) is 2.88. The average molecular weight is 523 g/mol. The molecule has 0 aromatic heterocycles. The lowest BCUT2D eigenvalue weighted by Gasteiger charge is -2.34. The standard InChI is InChI=1S/C29H31ClN2O5/c1-29(2,3)31-27(33)26(20-7-10-22(30)11-8-20)32(18-19-5-12-23(35-4)13-6-19)28(34)21-9-14-24-25(17-21)37-16-15-36-24/h5-14,17,26H,15-16,18H2,1-4H3,(H,31,33)/t26-/m0/s1. The van der Waals surface area contributed by atoms with Crippen molar-refractivity contribution in [2.75, 3.05) is 20.3 Å². The van der Waals surface area contributed by atoms with Crippen molar-refractivity contribution in [3.63, 3.8) is 0 Å². The predicted molar refractivity (Wildman–Crippen MR) is 142 cm³/mol. The van der Waals surface area contributed by atoms with Gasteiger partial charge in [-0.1, -0.05) is 35.9 Å². The fourth-order valence-electron chi connectivity index (χ4n) is 4.11. The highest BCUT2D eigenvalue weighted by molar-refractivity contribution is 6.30. The van der Waals surface area contributed by atoms with E-state index < -0.39 is 11.6 Å². The van der Waals surface area contributed by atoms with Crippen molar-refractivity contribution >= 4 is 23.4 Å². The summed E-state index contributed by atoms with van der Waals surface area (Å²) in [4.78, 5) is 29.4. The summed E-state index contributed by atoms with van der Waals surface area (Å²) in [5.41, 5.74) is 1.37. The molecule has 1 heterocycles. The maximum atomic E-state index is 14.1. The van der Waals surface area contributed by atoms with Crippen LogP contribution in [0.5, 0.6) is 17.2 Å². The van der Waals surface area contributed by atoms with Gasteiger partial charge in [0.15, 0.2) is 11.5 Å². The molecule has 1 aliphatic heterocycles. The van der Waals surface area contributed by atoms with E-state index in [2.05, 4.69) is 5.32 Å². The quantitative estimate of drug-likeness (QED) is 0.448. The number of nitrogens with zero attached hydrogens (tertiary/aromatic N) is 1. The summed E-state index contributed by atoms with van der Waals surface area (Å²) in [6, 6.07) is 18.6. The Morgan fingerprint density at radius 3 is 2.24 bits per heavy atom. The van der Waals surface area contributed by atoms with Crippen LogP contribution in [0, 0.1) is 0 Å². The van der Waals surface area contributed by atoms with Crippen LogP contribution in [0.2, 0.25) is 5.02 Å². The van der Waals surface area contributed by atoms with Gasteiger partial charge in [0.2, 0.25) is 5.91 Å². The van der Waals surface area contributed by atoms with E-state index in [1.807, 2.05) is 45.0 Å². The molecule has 7 nitrogen and oxygen atoms in total. The molecule has 0 unspecified atom stereocenters. The minimum Gasteiger partial charge on any atom is -0.497 e. The van der Waals surface area contributed by atoms with Crippen LogP contribution >= 0.6 is 11.6 Å². The lowest BCUT2D eigenvalue weighted by Crippen LogP contribution is -2.49. The molecule has 1 aliphatic rings. The van der Waals surface area contributed by atoms with E-state index in [0.717, 1.165) is 5.56 Å². The van der Waals surface area contributed by atoms with Crippen LogP contribution in [0.15, 0.2) is 66.7 Å². The van der Waals surface area contributed by atoms with Crippen molar-refractivity contribution in [1.82, 2.24) is 10.2 Å². The second-order valence-electron chi connectivity index (χ2n) is 9.83. The Kier molecular flexibility index (Phi) is 7.93. The van der Waals surface area contributed by atoms with Crippen molar-refractivity contribution in [2.45, 2.75) is 38.9 Å². The van der Waals surface area contributed by atoms with Crippen LogP contribution in [0.1, 0.15) is 48.3 Å². The van der Waals surface area contributed by atoms with Crippen molar-refractivity contribution < 1.29 is 23.8 Å². The molecule has 2 amide bonds. The Morgan fingerprint density at radius 1 is 0.973 bits per heavy atom. The van der Waals surface area contributed by atoms with Crippen LogP contribution in [0.4, 0.5) is 0 Å². The molecule has 4 rings (SSSR count). The minimum absolute atomic E-state index is 0.183. The van der Waals surface area contributed by atoms with Crippen molar-refractivity contribution in [2.24, 2.45) is 0 Å². The zero-order valence-corrected chi connectivity index (χ0v) is 22.2. The number of hydrogen-bond donors (Lipinski definition) is 1. The minimum atomic E-state index is -0.917. The predicted octanol–water partition coefficient (Wildman–Crippen LogP) is 5.42. The van der Waals surface area contributed by atoms with Gasteiger partial charge in [-0.15, -0.1) is 0 Å². The van der Waals surface area contributed by atoms with E-state index in [4.69, 9.17) is 25.8 Å². The van der Waals surface area contributed by atoms with E-state index in [1.165, 1.54) is 0 Å². The zero-order chi connectivity index (χ0) is 26.6. The number of amides is 2. The van der Waals surface area contributed by atoms with Gasteiger partial charge in [0.1, 0.15) is 25.0 Å². The number of ether oxygens (including phenoxy) is 3. The van der Waals surface area contributed by atoms with Gasteiger partial charge in [0.25, 0.3) is 5.91 Å². The number of methoxy groups -OCH3 is 1. The molecule has 1 N–H and O–H groups in total. The van der Waals surface area contributed by atoms with Crippen molar-refractivity contribution in [3.8, 4) is 17.2 Å². The van der Waals surface area contributed by atoms with Gasteiger partial charge >= 0.3 is 0 Å². The molecule has 194 valence electrons. The molecule has 3 aromatic carbocycles. The highest BCUT2D eigenvalue weighted by atomic mass is 35.5. The summed E-state index contributed by atoms with van der Waals surface area (Å²) >= 11 is 6.15. The molecule has 1 atom stereocenters. The number of hydrogen-bond acceptors (Lipinski definition) is 5. The van der Waals surface area contributed by atoms with Crippen molar-refractivity contribution in [3.05, 3.63) is 88.4 Å². The van der Waals surface area contributed by atoms with E-state index in [1.54, 1.807) is 54.5 Å². The van der Waals surface area contributed by atoms with Crippen LogP contribution < -0.4 is 19.5 Å². The number of carbonyl (C=O) groups is 2. The highest BCUT2D eigenvalue weighted by Crippen LogP contribution is 2.33. The Hall–Kier alpha value is -3.71. The molecule has 0 spiro atoms. The Labute approximate surface area is 222 Å². The molecule has 0 bridgehead atoms. The molecule has 0 saturated heterocycles. The largest absolute Gasteiger partial charge is 0.497 e. The molecular formula is C29H31ClN2O5. The first-order valence-corrected chi connectivity index (χ1v) is 12.4. The summed E-state index contributed by atoms with van der Waals surface area (Å²) in [5.74, 6) is 1.17. The van der Waals surface area contributed by atoms with Gasteiger partial charge < -0.3 is 24.4 Å². The number of fused-ring (bicyclic) bond motifs is 1. The Balaban J connectivity index is 1.79. The molecular weight excluding hydrogens is 492 g/mol. The number of benzene rings is 3. The molecule has 8 heteroatoms. The van der Waals surface area contributed by atoms with Crippen molar-refractivity contribution in [1.29, 1.82) is 0 Å². The fraction of sp³-hybridized carbons (Fsp3) is 0.310. The number of nitrogens with one attached hydrogen (secondary N) is 1. The summed E-state index contributed by atoms with van der Waals surface area (Å²) in [6.07, 6.45) is 0. The fourth-order valence-corrected chi connectivity index (χ4v) is 4.23. The third kappa shape index (κ3) is 6.54. The van der Waals surface area contributed by atoms with Crippen LogP contribution in [0.3, 0.4) is 0 Å². The first-order chi connectivity index (χ1) is 17.6. The van der Waals surface area contributed by atoms with Crippen LogP contribution in [-0.2, 0) is 11.3 Å². The highest BCUT2D eigenvalue weighted by Gasteiger charge is 2.34. The molecule has 0 radical (unpaired) electrons. The molecule has 37 heavy (non-hydrogen) atoms. The van der Waals surface area contributed by atoms with E-state index >= 15 is 0 Å². The van der Waals surface area contributed by atoms with Gasteiger partial charge in [-0.25, -0.2) is 0 Å². The summed E-state index contributed by atoms with van der Waals surface area (Å²) in [6.45, 7) is 6.75. The lowest BCUT2D eigenvalue weighted by molar-refractivity contribution is -0.127. The lowest BCUT2D eigenvalue weighted by atomic mass is 9.99. The topological polar surface area (TPSA) is 77.1 Å². The third-order valence-electron chi connectivity index (χ3n) is 5.81. The molecule has 0 aliphatic carbocycles. The number of carbonyl (C=O) groups excluding carboxylic acids is 2. The summed E-state index contributed by atoms with van der Waals surface area (Å²) in [7, 11) is 1.60. The Bertz CT molecular complexity index is 1250. The van der Waals surface area contributed by atoms with Gasteiger partial charge in [-0.2, -0.15) is 0 Å². The van der Waals surface area contributed by atoms with E-state index in [9.17, 15) is 9.59 Å². The van der Waals surface area contributed by atoms with Gasteiger partial charge in [-0.05, 0) is 74.4 Å². The number of rotatable bonds is 7. The monoisotopic (exact) mass is 522 g/mol.